The Morgan fingerprint density at radius 3 is 2.45 bits per heavy atom. The lowest BCUT2D eigenvalue weighted by Crippen LogP contribution is -2.54. The summed E-state index contributed by atoms with van der Waals surface area (Å²) in [6.07, 6.45) is -3.21. The van der Waals surface area contributed by atoms with Crippen molar-refractivity contribution >= 4 is 15.7 Å². The van der Waals surface area contributed by atoms with Gasteiger partial charge in [-0.1, -0.05) is 0 Å². The van der Waals surface area contributed by atoms with Gasteiger partial charge in [0, 0.05) is 19.6 Å². The molecule has 9 heteroatoms. The van der Waals surface area contributed by atoms with Crippen LogP contribution in [-0.4, -0.2) is 74.0 Å². The van der Waals surface area contributed by atoms with Crippen molar-refractivity contribution in [2.45, 2.75) is 24.3 Å². The molecule has 0 saturated carbocycles. The summed E-state index contributed by atoms with van der Waals surface area (Å²) in [7, 11) is -3.09. The van der Waals surface area contributed by atoms with E-state index < -0.39 is 33.7 Å². The fourth-order valence-corrected chi connectivity index (χ4v) is 4.51. The highest BCUT2D eigenvalue weighted by Gasteiger charge is 2.37. The van der Waals surface area contributed by atoms with E-state index in [1.54, 1.807) is 4.90 Å². The predicted octanol–water partition coefficient (Wildman–Crippen LogP) is 0.270. The second kappa shape index (κ2) is 5.51. The summed E-state index contributed by atoms with van der Waals surface area (Å²) in [5.41, 5.74) is 0. The van der Waals surface area contributed by atoms with Crippen LogP contribution in [0.4, 0.5) is 13.2 Å². The number of sulfone groups is 1. The van der Waals surface area contributed by atoms with Crippen molar-refractivity contribution in [3.63, 3.8) is 0 Å². The van der Waals surface area contributed by atoms with Gasteiger partial charge >= 0.3 is 6.18 Å². The molecule has 2 saturated heterocycles. The molecule has 5 nitrogen and oxygen atoms in total. The minimum Gasteiger partial charge on any atom is -0.331 e. The van der Waals surface area contributed by atoms with Crippen molar-refractivity contribution in [2.75, 3.05) is 38.5 Å². The molecule has 116 valence electrons. The third kappa shape index (κ3) is 3.85. The van der Waals surface area contributed by atoms with E-state index in [9.17, 15) is 26.4 Å². The first-order valence-corrected chi connectivity index (χ1v) is 8.17. The third-order valence-electron chi connectivity index (χ3n) is 3.69. The molecule has 0 aliphatic carbocycles. The van der Waals surface area contributed by atoms with Crippen LogP contribution in [0.3, 0.4) is 0 Å². The summed E-state index contributed by atoms with van der Waals surface area (Å²) >= 11 is 0. The van der Waals surface area contributed by atoms with Crippen LogP contribution in [0.1, 0.15) is 12.8 Å². The van der Waals surface area contributed by atoms with Gasteiger partial charge < -0.3 is 4.90 Å². The number of amides is 1. The van der Waals surface area contributed by atoms with Crippen molar-refractivity contribution in [1.29, 1.82) is 0 Å². The Hall–Kier alpha value is -0.830. The molecule has 0 radical (unpaired) electrons. The average Bonchev–Trinajstić information content (AvgIpc) is 2.61. The van der Waals surface area contributed by atoms with E-state index in [4.69, 9.17) is 0 Å². The third-order valence-corrected chi connectivity index (χ3v) is 5.95. The second-order valence-corrected chi connectivity index (χ2v) is 7.70. The summed E-state index contributed by atoms with van der Waals surface area (Å²) in [5.74, 6) is -0.427. The van der Waals surface area contributed by atoms with Gasteiger partial charge in [0.25, 0.3) is 0 Å². The highest BCUT2D eigenvalue weighted by Crippen LogP contribution is 2.22. The molecule has 0 bridgehead atoms. The van der Waals surface area contributed by atoms with Crippen molar-refractivity contribution in [3.05, 3.63) is 0 Å². The van der Waals surface area contributed by atoms with E-state index in [-0.39, 0.29) is 31.9 Å². The Balaban J connectivity index is 1.88. The average molecular weight is 314 g/mol. The van der Waals surface area contributed by atoms with Crippen molar-refractivity contribution in [3.8, 4) is 0 Å². The first-order valence-electron chi connectivity index (χ1n) is 6.46. The predicted molar refractivity (Wildman–Crippen MR) is 65.9 cm³/mol. The van der Waals surface area contributed by atoms with Crippen LogP contribution < -0.4 is 0 Å². The standard InChI is InChI=1S/C11H17F3N2O3S/c12-11(13,14)8-16-4-3-15(7-10(16)17)6-9-2-1-5-20(9,18)19/h9H,1-8H2. The van der Waals surface area contributed by atoms with Gasteiger partial charge in [-0.25, -0.2) is 8.42 Å². The normalized spacial score (nSPS) is 28.1. The van der Waals surface area contributed by atoms with Gasteiger partial charge in [-0.05, 0) is 12.8 Å². The molecule has 2 fully saturated rings. The van der Waals surface area contributed by atoms with Crippen LogP contribution in [-0.2, 0) is 14.6 Å². The zero-order valence-corrected chi connectivity index (χ0v) is 11.7. The Kier molecular flexibility index (Phi) is 4.29. The van der Waals surface area contributed by atoms with Gasteiger partial charge in [0.15, 0.2) is 9.84 Å². The molecule has 2 aliphatic heterocycles. The summed E-state index contributed by atoms with van der Waals surface area (Å²) in [6.45, 7) is -0.851. The lowest BCUT2D eigenvalue weighted by Gasteiger charge is -2.35. The molecule has 0 spiro atoms. The van der Waals surface area contributed by atoms with Crippen LogP contribution in [0, 0.1) is 0 Å². The molecule has 1 amide bonds. The Bertz CT molecular complexity index is 478. The number of halogens is 3. The summed E-state index contributed by atoms with van der Waals surface area (Å²) in [5, 5.41) is -0.482. The number of piperazine rings is 1. The van der Waals surface area contributed by atoms with Gasteiger partial charge in [0.05, 0.1) is 17.5 Å². The molecule has 0 aromatic heterocycles. The number of hydrogen-bond donors (Lipinski definition) is 0. The van der Waals surface area contributed by atoms with Gasteiger partial charge in [-0.15, -0.1) is 0 Å². The molecule has 1 atom stereocenters. The van der Waals surface area contributed by atoms with E-state index in [2.05, 4.69) is 0 Å². The topological polar surface area (TPSA) is 57.7 Å². The number of rotatable bonds is 3. The van der Waals surface area contributed by atoms with Crippen LogP contribution in [0.25, 0.3) is 0 Å². The highest BCUT2D eigenvalue weighted by atomic mass is 32.2. The van der Waals surface area contributed by atoms with Crippen molar-refractivity contribution in [2.24, 2.45) is 0 Å². The molecule has 0 aromatic carbocycles. The van der Waals surface area contributed by atoms with Gasteiger partial charge in [0.2, 0.25) is 5.91 Å². The summed E-state index contributed by atoms with van der Waals surface area (Å²) in [4.78, 5) is 14.1. The van der Waals surface area contributed by atoms with Crippen molar-refractivity contribution in [1.82, 2.24) is 9.80 Å². The van der Waals surface area contributed by atoms with Crippen LogP contribution >= 0.6 is 0 Å². The smallest absolute Gasteiger partial charge is 0.331 e. The lowest BCUT2D eigenvalue weighted by molar-refractivity contribution is -0.165. The van der Waals surface area contributed by atoms with Crippen LogP contribution in [0.5, 0.6) is 0 Å². The van der Waals surface area contributed by atoms with E-state index in [1.807, 2.05) is 0 Å². The van der Waals surface area contributed by atoms with Crippen LogP contribution in [0.2, 0.25) is 0 Å². The molecule has 1 unspecified atom stereocenters. The maximum Gasteiger partial charge on any atom is 0.406 e. The first-order chi connectivity index (χ1) is 9.17. The zero-order chi connectivity index (χ0) is 15.0. The largest absolute Gasteiger partial charge is 0.406 e. The first kappa shape index (κ1) is 15.6. The number of hydrogen-bond acceptors (Lipinski definition) is 4. The minimum atomic E-state index is -4.40. The summed E-state index contributed by atoms with van der Waals surface area (Å²) < 4.78 is 60.2. The molecular formula is C11H17F3N2O3S. The second-order valence-electron chi connectivity index (χ2n) is 5.30. The van der Waals surface area contributed by atoms with Gasteiger partial charge in [0.1, 0.15) is 6.54 Å². The van der Waals surface area contributed by atoms with Gasteiger partial charge in [-0.2, -0.15) is 13.2 Å². The highest BCUT2D eigenvalue weighted by molar-refractivity contribution is 7.92. The zero-order valence-electron chi connectivity index (χ0n) is 10.9. The monoisotopic (exact) mass is 314 g/mol. The van der Waals surface area contributed by atoms with E-state index in [1.165, 1.54) is 0 Å². The lowest BCUT2D eigenvalue weighted by atomic mass is 10.2. The van der Waals surface area contributed by atoms with E-state index in [0.29, 0.717) is 12.8 Å². The number of nitrogens with zero attached hydrogens (tertiary/aromatic N) is 2. The molecule has 20 heavy (non-hydrogen) atoms. The fourth-order valence-electron chi connectivity index (χ4n) is 2.65. The molecule has 0 aromatic rings. The van der Waals surface area contributed by atoms with Crippen LogP contribution in [0.15, 0.2) is 0 Å². The molecule has 2 heterocycles. The molecule has 2 rings (SSSR count). The maximum absolute atomic E-state index is 12.3. The maximum atomic E-state index is 12.3. The Morgan fingerprint density at radius 2 is 1.95 bits per heavy atom. The van der Waals surface area contributed by atoms with E-state index in [0.717, 1.165) is 4.90 Å². The van der Waals surface area contributed by atoms with Crippen molar-refractivity contribution < 1.29 is 26.4 Å². The van der Waals surface area contributed by atoms with Gasteiger partial charge in [-0.3, -0.25) is 9.69 Å². The Morgan fingerprint density at radius 1 is 1.25 bits per heavy atom. The molecular weight excluding hydrogens is 297 g/mol. The quantitative estimate of drug-likeness (QED) is 0.750. The summed E-state index contributed by atoms with van der Waals surface area (Å²) in [6, 6.07) is 0. The Labute approximate surface area is 115 Å². The number of carbonyl (C=O) groups is 1. The fraction of sp³-hybridized carbons (Fsp3) is 0.909. The molecule has 2 aliphatic rings. The SMILES string of the molecule is O=C1CN(CC2CCCS2(=O)=O)CCN1CC(F)(F)F. The van der Waals surface area contributed by atoms with E-state index >= 15 is 0 Å². The number of alkyl halides is 3. The molecule has 0 N–H and O–H groups in total. The minimum absolute atomic E-state index is 0.00882. The number of carbonyl (C=O) groups excluding carboxylic acids is 1.